The normalized spacial score (nSPS) is 42.0. The third-order valence-electron chi connectivity index (χ3n) is 9.66. The number of furan rings is 1. The van der Waals surface area contributed by atoms with Gasteiger partial charge in [0.1, 0.15) is 23.4 Å². The summed E-state index contributed by atoms with van der Waals surface area (Å²) in [7, 11) is 0. The predicted molar refractivity (Wildman–Crippen MR) is 123 cm³/mol. The average Bonchev–Trinajstić information content (AvgIpc) is 3.43. The number of esters is 1. The van der Waals surface area contributed by atoms with Crippen LogP contribution in [-0.2, 0) is 14.3 Å². The van der Waals surface area contributed by atoms with Crippen LogP contribution in [0.1, 0.15) is 89.6 Å². The Morgan fingerprint density at radius 2 is 2.03 bits per heavy atom. The van der Waals surface area contributed by atoms with Gasteiger partial charge in [-0.1, -0.05) is 44.4 Å². The maximum atomic E-state index is 12.2. The van der Waals surface area contributed by atoms with Crippen molar-refractivity contribution in [3.63, 3.8) is 0 Å². The quantitative estimate of drug-likeness (QED) is 0.236. The second-order valence-electron chi connectivity index (χ2n) is 11.1. The van der Waals surface area contributed by atoms with Crippen molar-refractivity contribution in [1.82, 2.24) is 0 Å². The van der Waals surface area contributed by atoms with E-state index in [0.717, 1.165) is 62.8 Å². The molecule has 1 spiro atoms. The summed E-state index contributed by atoms with van der Waals surface area (Å²) in [6.07, 6.45) is 12.6. The Morgan fingerprint density at radius 1 is 1.22 bits per heavy atom. The fraction of sp³-hybridized carbons (Fsp3) is 0.643. The molecule has 1 saturated heterocycles. The summed E-state index contributed by atoms with van der Waals surface area (Å²) in [6, 6.07) is 4.18. The molecule has 3 fully saturated rings. The Labute approximate surface area is 191 Å². The minimum absolute atomic E-state index is 0.0319. The minimum Gasteiger partial charge on any atom is -0.466 e. The first kappa shape index (κ1) is 21.7. The first-order chi connectivity index (χ1) is 15.3. The molecule has 0 amide bonds. The number of aldehydes is 1. The summed E-state index contributed by atoms with van der Waals surface area (Å²) in [5.41, 5.74) is 2.26. The third kappa shape index (κ3) is 2.87. The van der Waals surface area contributed by atoms with Crippen LogP contribution in [0.15, 0.2) is 39.8 Å². The molecule has 5 rings (SSSR count). The van der Waals surface area contributed by atoms with Crippen LogP contribution in [-0.4, -0.2) is 17.9 Å². The number of hydrogen-bond acceptors (Lipinski definition) is 4. The van der Waals surface area contributed by atoms with E-state index in [1.54, 1.807) is 0 Å². The molecular formula is C28H36O4. The first-order valence-corrected chi connectivity index (χ1v) is 12.4. The maximum Gasteiger partial charge on any atom is 0.306 e. The lowest BCUT2D eigenvalue weighted by Crippen LogP contribution is -2.51. The molecule has 0 aromatic carbocycles. The van der Waals surface area contributed by atoms with Crippen molar-refractivity contribution >= 4 is 12.3 Å². The Hall–Kier alpha value is -2.10. The Morgan fingerprint density at radius 3 is 2.66 bits per heavy atom. The molecule has 4 aliphatic rings. The van der Waals surface area contributed by atoms with E-state index in [-0.39, 0.29) is 28.3 Å². The van der Waals surface area contributed by atoms with Crippen LogP contribution in [0.2, 0.25) is 0 Å². The van der Waals surface area contributed by atoms with Gasteiger partial charge in [0.2, 0.25) is 0 Å². The van der Waals surface area contributed by atoms with Gasteiger partial charge in [-0.2, -0.15) is 0 Å². The van der Waals surface area contributed by atoms with Crippen LogP contribution in [0.3, 0.4) is 0 Å². The summed E-state index contributed by atoms with van der Waals surface area (Å²) in [4.78, 5) is 23.8. The van der Waals surface area contributed by atoms with Crippen LogP contribution in [0, 0.1) is 29.6 Å². The number of hydrogen-bond donors (Lipinski definition) is 0. The minimum atomic E-state index is -0.319. The van der Waals surface area contributed by atoms with Crippen molar-refractivity contribution in [2.75, 3.05) is 0 Å². The van der Waals surface area contributed by atoms with E-state index in [0.29, 0.717) is 18.3 Å². The Kier molecular flexibility index (Phi) is 5.07. The standard InChI is InChI=1S/C28H36O4/c1-5-12-26(3)19(11-16-29)17-20(23-7-6-18(2)31-23)25-21(26)8-13-27(4)22(25)9-14-28(27)15-10-24(30)32-28/h6-8,11,16,20,22,25H,5,9-10,12-15,17H2,1-4H3/b19-11-/t20-,22?,25?,26?,27?,28+/m0/s1. The van der Waals surface area contributed by atoms with Crippen molar-refractivity contribution in [1.29, 1.82) is 0 Å². The lowest BCUT2D eigenvalue weighted by atomic mass is 9.48. The molecule has 172 valence electrons. The zero-order valence-electron chi connectivity index (χ0n) is 19.9. The van der Waals surface area contributed by atoms with Gasteiger partial charge < -0.3 is 9.15 Å². The molecular weight excluding hydrogens is 400 g/mol. The third-order valence-corrected chi connectivity index (χ3v) is 9.66. The van der Waals surface area contributed by atoms with E-state index in [1.807, 2.05) is 13.0 Å². The van der Waals surface area contributed by atoms with Crippen molar-refractivity contribution < 1.29 is 18.7 Å². The SMILES string of the molecule is CCCC1(C)C2=CCC3(C)C(CC[C@@]34CCC(=O)O4)C2[C@H](c2ccc(C)o2)C/C1=C/C=O. The van der Waals surface area contributed by atoms with Crippen LogP contribution in [0.25, 0.3) is 0 Å². The van der Waals surface area contributed by atoms with Gasteiger partial charge in [0.25, 0.3) is 0 Å². The second kappa shape index (κ2) is 7.46. The molecule has 4 unspecified atom stereocenters. The molecule has 2 saturated carbocycles. The van der Waals surface area contributed by atoms with Crippen LogP contribution < -0.4 is 0 Å². The van der Waals surface area contributed by atoms with E-state index in [1.165, 1.54) is 11.1 Å². The van der Waals surface area contributed by atoms with Gasteiger partial charge in [0, 0.05) is 23.2 Å². The fourth-order valence-corrected chi connectivity index (χ4v) is 8.05. The van der Waals surface area contributed by atoms with E-state index in [9.17, 15) is 9.59 Å². The molecule has 1 aromatic rings. The molecule has 2 heterocycles. The van der Waals surface area contributed by atoms with Crippen molar-refractivity contribution in [3.8, 4) is 0 Å². The van der Waals surface area contributed by atoms with Crippen molar-refractivity contribution in [2.24, 2.45) is 22.7 Å². The number of carbonyl (C=O) groups excluding carboxylic acids is 2. The first-order valence-electron chi connectivity index (χ1n) is 12.4. The maximum absolute atomic E-state index is 12.2. The van der Waals surface area contributed by atoms with Crippen LogP contribution in [0.5, 0.6) is 0 Å². The largest absolute Gasteiger partial charge is 0.466 e. The molecule has 6 atom stereocenters. The highest BCUT2D eigenvalue weighted by Gasteiger charge is 2.66. The number of allylic oxidation sites excluding steroid dienone is 4. The summed E-state index contributed by atoms with van der Waals surface area (Å²) >= 11 is 0. The molecule has 4 nitrogen and oxygen atoms in total. The smallest absolute Gasteiger partial charge is 0.306 e. The van der Waals surface area contributed by atoms with Crippen LogP contribution in [0.4, 0.5) is 0 Å². The number of aryl methyl sites for hydroxylation is 1. The van der Waals surface area contributed by atoms with Crippen molar-refractivity contribution in [3.05, 3.63) is 47.0 Å². The zero-order valence-corrected chi connectivity index (χ0v) is 19.9. The number of ether oxygens (including phenoxy) is 1. The number of fused-ring (bicyclic) bond motifs is 4. The predicted octanol–water partition coefficient (Wildman–Crippen LogP) is 6.45. The monoisotopic (exact) mass is 436 g/mol. The number of rotatable bonds is 4. The van der Waals surface area contributed by atoms with Crippen LogP contribution >= 0.6 is 0 Å². The fourth-order valence-electron chi connectivity index (χ4n) is 8.05. The highest BCUT2D eigenvalue weighted by molar-refractivity contribution is 5.72. The molecule has 0 bridgehead atoms. The van der Waals surface area contributed by atoms with Gasteiger partial charge in [-0.15, -0.1) is 0 Å². The van der Waals surface area contributed by atoms with Gasteiger partial charge in [-0.25, -0.2) is 0 Å². The van der Waals surface area contributed by atoms with E-state index >= 15 is 0 Å². The van der Waals surface area contributed by atoms with E-state index < -0.39 is 0 Å². The average molecular weight is 437 g/mol. The molecule has 0 radical (unpaired) electrons. The molecule has 1 aromatic heterocycles. The van der Waals surface area contributed by atoms with E-state index in [2.05, 4.69) is 39.0 Å². The van der Waals surface area contributed by atoms with E-state index in [4.69, 9.17) is 9.15 Å². The molecule has 4 heteroatoms. The molecule has 32 heavy (non-hydrogen) atoms. The van der Waals surface area contributed by atoms with Gasteiger partial charge in [0.15, 0.2) is 0 Å². The Balaban J connectivity index is 1.66. The summed E-state index contributed by atoms with van der Waals surface area (Å²) in [5.74, 6) is 2.93. The lowest BCUT2D eigenvalue weighted by molar-refractivity contribution is -0.160. The molecule has 0 N–H and O–H groups in total. The van der Waals surface area contributed by atoms with Gasteiger partial charge in [-0.05, 0) is 75.5 Å². The summed E-state index contributed by atoms with van der Waals surface area (Å²) in [6.45, 7) is 8.95. The molecule has 3 aliphatic carbocycles. The highest BCUT2D eigenvalue weighted by Crippen LogP contribution is 2.69. The van der Waals surface area contributed by atoms with Crippen molar-refractivity contribution in [2.45, 2.75) is 90.6 Å². The number of carbonyl (C=O) groups is 2. The topological polar surface area (TPSA) is 56.5 Å². The second-order valence-corrected chi connectivity index (χ2v) is 11.1. The van der Waals surface area contributed by atoms with Gasteiger partial charge >= 0.3 is 5.97 Å². The summed E-state index contributed by atoms with van der Waals surface area (Å²) < 4.78 is 12.3. The Bertz CT molecular complexity index is 999. The zero-order chi connectivity index (χ0) is 22.7. The molecule has 1 aliphatic heterocycles. The lowest BCUT2D eigenvalue weighted by Gasteiger charge is -2.56. The van der Waals surface area contributed by atoms with Gasteiger partial charge in [-0.3, -0.25) is 9.59 Å². The highest BCUT2D eigenvalue weighted by atomic mass is 16.6. The van der Waals surface area contributed by atoms with Gasteiger partial charge in [0.05, 0.1) is 0 Å². The summed E-state index contributed by atoms with van der Waals surface area (Å²) in [5, 5.41) is 0.